The molecule has 11 heteroatoms. The summed E-state index contributed by atoms with van der Waals surface area (Å²) in [5.74, 6) is -0.264. The van der Waals surface area contributed by atoms with Crippen LogP contribution in [0.15, 0.2) is 95.3 Å². The maximum atomic E-state index is 14.2. The van der Waals surface area contributed by atoms with Gasteiger partial charge in [0.25, 0.3) is 5.69 Å². The number of hydrogen-bond donors (Lipinski definition) is 1. The van der Waals surface area contributed by atoms with Crippen LogP contribution in [-0.2, 0) is 16.2 Å². The van der Waals surface area contributed by atoms with Gasteiger partial charge in [0.1, 0.15) is 18.0 Å². The van der Waals surface area contributed by atoms with Gasteiger partial charge in [0.15, 0.2) is 11.6 Å². The summed E-state index contributed by atoms with van der Waals surface area (Å²) in [7, 11) is 0. The highest BCUT2D eigenvalue weighted by molar-refractivity contribution is 6.07. The Kier molecular flexibility index (Phi) is 7.95. The molecule has 3 aromatic rings. The predicted octanol–water partition coefficient (Wildman–Crippen LogP) is 7.79. The minimum absolute atomic E-state index is 0.0146. The van der Waals surface area contributed by atoms with Crippen LogP contribution in [0.5, 0.6) is 5.75 Å². The highest BCUT2D eigenvalue weighted by Gasteiger charge is 2.49. The van der Waals surface area contributed by atoms with E-state index in [0.29, 0.717) is 47.7 Å². The van der Waals surface area contributed by atoms with E-state index in [-0.39, 0.29) is 30.1 Å². The molecule has 0 fully saturated rings. The lowest BCUT2D eigenvalue weighted by Crippen LogP contribution is -2.46. The molecule has 242 valence electrons. The molecule has 0 radical (unpaired) electrons. The van der Waals surface area contributed by atoms with Crippen molar-refractivity contribution in [1.82, 2.24) is 5.01 Å². The number of nitro benzene ring substituents is 2. The number of anilines is 1. The third-order valence-corrected chi connectivity index (χ3v) is 8.97. The number of rotatable bonds is 8. The number of allylic oxidation sites excluding steroid dienone is 4. The molecule has 11 nitrogen and oxygen atoms in total. The first-order chi connectivity index (χ1) is 22.2. The lowest BCUT2D eigenvalue weighted by Gasteiger charge is -2.48. The molecule has 1 aliphatic heterocycles. The number of ether oxygens (including phenoxy) is 1. The summed E-state index contributed by atoms with van der Waals surface area (Å²) in [4.78, 5) is 50.5. The van der Waals surface area contributed by atoms with Gasteiger partial charge in [0.2, 0.25) is 0 Å². The van der Waals surface area contributed by atoms with Crippen LogP contribution in [0.1, 0.15) is 70.4 Å². The highest BCUT2D eigenvalue weighted by Crippen LogP contribution is 2.54. The summed E-state index contributed by atoms with van der Waals surface area (Å²) < 4.78 is 6.14. The molecular formula is C36H36N4O7. The van der Waals surface area contributed by atoms with Gasteiger partial charge < -0.3 is 4.74 Å². The SMILES string of the molecule is CC1(C)CC(=O)C2=C(C1)N(Nc1ccc([N+](=O)[O-])cc1[N+](=O)[O-])C1=C(C(=O)CC(C)(C)C1)C2c1cccc(OCc2ccccc2)c1. The first-order valence-corrected chi connectivity index (χ1v) is 15.5. The lowest BCUT2D eigenvalue weighted by atomic mass is 9.64. The summed E-state index contributed by atoms with van der Waals surface area (Å²) in [5.41, 5.74) is 5.33. The number of hydrazine groups is 1. The maximum absolute atomic E-state index is 14.2. The fourth-order valence-corrected chi connectivity index (χ4v) is 6.96. The van der Waals surface area contributed by atoms with Gasteiger partial charge in [-0.2, -0.15) is 0 Å². The molecule has 1 N–H and O–H groups in total. The van der Waals surface area contributed by atoms with Crippen molar-refractivity contribution in [2.45, 2.75) is 65.9 Å². The minimum atomic E-state index is -0.689. The molecule has 1 heterocycles. The summed E-state index contributed by atoms with van der Waals surface area (Å²) in [6.45, 7) is 8.33. The quantitative estimate of drug-likeness (QED) is 0.193. The number of carbonyl (C=O) groups excluding carboxylic acids is 2. The lowest BCUT2D eigenvalue weighted by molar-refractivity contribution is -0.393. The van der Waals surface area contributed by atoms with E-state index >= 15 is 0 Å². The topological polar surface area (TPSA) is 145 Å². The van der Waals surface area contributed by atoms with E-state index in [2.05, 4.69) is 5.43 Å². The van der Waals surface area contributed by atoms with Crippen LogP contribution in [0.2, 0.25) is 0 Å². The van der Waals surface area contributed by atoms with Crippen LogP contribution >= 0.6 is 0 Å². The molecule has 2 aliphatic carbocycles. The van der Waals surface area contributed by atoms with E-state index in [1.807, 2.05) is 82.3 Å². The number of non-ortho nitro benzene ring substituents is 1. The zero-order valence-corrected chi connectivity index (χ0v) is 26.7. The van der Waals surface area contributed by atoms with Crippen molar-refractivity contribution in [3.8, 4) is 5.75 Å². The van der Waals surface area contributed by atoms with Gasteiger partial charge in [0.05, 0.1) is 15.9 Å². The predicted molar refractivity (Wildman–Crippen MR) is 175 cm³/mol. The Labute approximate surface area is 272 Å². The number of Topliss-reactive ketones (excluding diaryl/α,β-unsaturated/α-hetero) is 2. The molecule has 47 heavy (non-hydrogen) atoms. The largest absolute Gasteiger partial charge is 0.489 e. The van der Waals surface area contributed by atoms with Crippen LogP contribution in [-0.4, -0.2) is 26.4 Å². The first-order valence-electron chi connectivity index (χ1n) is 15.5. The van der Waals surface area contributed by atoms with Crippen molar-refractivity contribution in [2.75, 3.05) is 5.43 Å². The van der Waals surface area contributed by atoms with Gasteiger partial charge >= 0.3 is 5.69 Å². The smallest absolute Gasteiger partial charge is 0.300 e. The summed E-state index contributed by atoms with van der Waals surface area (Å²) in [5, 5.41) is 25.2. The van der Waals surface area contributed by atoms with E-state index < -0.39 is 38.0 Å². The van der Waals surface area contributed by atoms with Crippen LogP contribution in [0.4, 0.5) is 17.1 Å². The molecule has 0 saturated carbocycles. The fourth-order valence-electron chi connectivity index (χ4n) is 6.96. The molecule has 3 aromatic carbocycles. The van der Waals surface area contributed by atoms with Crippen LogP contribution in [0.3, 0.4) is 0 Å². The molecule has 0 amide bonds. The Balaban J connectivity index is 1.51. The number of nitro groups is 2. The maximum Gasteiger partial charge on any atom is 0.300 e. The van der Waals surface area contributed by atoms with Gasteiger partial charge in [-0.15, -0.1) is 0 Å². The van der Waals surface area contributed by atoms with Crippen LogP contribution in [0.25, 0.3) is 0 Å². The Morgan fingerprint density at radius 1 is 0.787 bits per heavy atom. The van der Waals surface area contributed by atoms with E-state index in [4.69, 9.17) is 4.74 Å². The van der Waals surface area contributed by atoms with Crippen LogP contribution in [0, 0.1) is 31.1 Å². The summed E-state index contributed by atoms with van der Waals surface area (Å²) in [6, 6.07) is 20.6. The second-order valence-electron chi connectivity index (χ2n) is 14.0. The second-order valence-corrected chi connectivity index (χ2v) is 14.0. The fraction of sp³-hybridized carbons (Fsp3) is 0.333. The van der Waals surface area contributed by atoms with Crippen molar-refractivity contribution in [3.63, 3.8) is 0 Å². The Hall–Kier alpha value is -5.32. The second kappa shape index (κ2) is 11.8. The monoisotopic (exact) mass is 636 g/mol. The Morgan fingerprint density at radius 2 is 1.40 bits per heavy atom. The van der Waals surface area contributed by atoms with Gasteiger partial charge in [0, 0.05) is 47.4 Å². The van der Waals surface area contributed by atoms with Gasteiger partial charge in [-0.3, -0.25) is 40.3 Å². The summed E-state index contributed by atoms with van der Waals surface area (Å²) in [6.07, 6.45) is 1.43. The zero-order chi connectivity index (χ0) is 33.7. The number of carbonyl (C=O) groups is 2. The average molecular weight is 637 g/mol. The van der Waals surface area contributed by atoms with Crippen molar-refractivity contribution in [3.05, 3.63) is 127 Å². The molecule has 0 aromatic heterocycles. The number of ketones is 2. The summed E-state index contributed by atoms with van der Waals surface area (Å²) >= 11 is 0. The average Bonchev–Trinajstić information content (AvgIpc) is 3.00. The van der Waals surface area contributed by atoms with Gasteiger partial charge in [-0.25, -0.2) is 0 Å². The van der Waals surface area contributed by atoms with Crippen molar-refractivity contribution in [2.24, 2.45) is 10.8 Å². The number of nitrogens with one attached hydrogen (secondary N) is 1. The number of nitrogens with zero attached hydrogens (tertiary/aromatic N) is 3. The highest BCUT2D eigenvalue weighted by atomic mass is 16.6. The van der Waals surface area contributed by atoms with E-state index in [0.717, 1.165) is 17.2 Å². The third-order valence-electron chi connectivity index (χ3n) is 8.97. The molecule has 0 unspecified atom stereocenters. The van der Waals surface area contributed by atoms with Crippen LogP contribution < -0.4 is 10.2 Å². The normalized spacial score (nSPS) is 18.9. The molecule has 3 aliphatic rings. The Morgan fingerprint density at radius 3 is 1.98 bits per heavy atom. The Bertz CT molecular complexity index is 1820. The standard InChI is InChI=1S/C36H36N4O7/c1-35(2)17-28-33(30(41)19-35)32(23-11-8-12-25(15-23)47-21-22-9-6-5-7-10-22)34-29(18-36(3,4)20-31(34)42)38(28)37-26-14-13-24(39(43)44)16-27(26)40(45)46/h5-16,32,37H,17-21H2,1-4H3. The van der Waals surface area contributed by atoms with Gasteiger partial charge in [-0.05, 0) is 53.0 Å². The van der Waals surface area contributed by atoms with Gasteiger partial charge in [-0.1, -0.05) is 70.2 Å². The zero-order valence-electron chi connectivity index (χ0n) is 26.7. The van der Waals surface area contributed by atoms with E-state index in [1.165, 1.54) is 12.1 Å². The molecule has 6 rings (SSSR count). The van der Waals surface area contributed by atoms with Crippen molar-refractivity contribution >= 4 is 28.6 Å². The third kappa shape index (κ3) is 6.25. The van der Waals surface area contributed by atoms with Crippen molar-refractivity contribution in [1.29, 1.82) is 0 Å². The molecular weight excluding hydrogens is 600 g/mol. The number of hydrogen-bond acceptors (Lipinski definition) is 9. The van der Waals surface area contributed by atoms with E-state index in [9.17, 15) is 29.8 Å². The molecule has 0 spiro atoms. The first kappa shape index (κ1) is 31.7. The molecule has 0 atom stereocenters. The molecule has 0 bridgehead atoms. The van der Waals surface area contributed by atoms with Crippen molar-refractivity contribution < 1.29 is 24.2 Å². The van der Waals surface area contributed by atoms with E-state index in [1.54, 1.807) is 5.01 Å². The number of benzene rings is 3. The minimum Gasteiger partial charge on any atom is -0.489 e. The molecule has 0 saturated heterocycles.